The summed E-state index contributed by atoms with van der Waals surface area (Å²) < 4.78 is 6.10. The van der Waals surface area contributed by atoms with Gasteiger partial charge >= 0.3 is 0 Å². The lowest BCUT2D eigenvalue weighted by Crippen LogP contribution is -2.32. The number of hydrogen-bond donors (Lipinski definition) is 0. The molecule has 5 heteroatoms. The molecular formula is C23H25N3O2. The van der Waals surface area contributed by atoms with Crippen molar-refractivity contribution in [1.82, 2.24) is 4.90 Å². The molecule has 1 unspecified atom stereocenters. The molecule has 0 spiro atoms. The number of nitriles is 1. The third-order valence-electron chi connectivity index (χ3n) is 5.64. The maximum atomic E-state index is 13.0. The Labute approximate surface area is 166 Å². The minimum atomic E-state index is -0.413. The third kappa shape index (κ3) is 3.47. The molecule has 0 saturated carbocycles. The van der Waals surface area contributed by atoms with Gasteiger partial charge in [-0.15, -0.1) is 0 Å². The van der Waals surface area contributed by atoms with Crippen molar-refractivity contribution >= 4 is 12.1 Å². The van der Waals surface area contributed by atoms with Crippen molar-refractivity contribution < 1.29 is 9.53 Å². The predicted octanol–water partition coefficient (Wildman–Crippen LogP) is 4.30. The van der Waals surface area contributed by atoms with Crippen molar-refractivity contribution in [2.24, 2.45) is 10.4 Å². The van der Waals surface area contributed by atoms with E-state index in [1.54, 1.807) is 6.34 Å². The lowest BCUT2D eigenvalue weighted by atomic mass is 9.70. The molecule has 3 aliphatic rings. The molecule has 28 heavy (non-hydrogen) atoms. The van der Waals surface area contributed by atoms with E-state index in [4.69, 9.17) is 4.74 Å². The smallest absolute Gasteiger partial charge is 0.235 e. The van der Waals surface area contributed by atoms with E-state index in [1.807, 2.05) is 30.3 Å². The first-order valence-electron chi connectivity index (χ1n) is 9.90. The van der Waals surface area contributed by atoms with E-state index in [2.05, 4.69) is 29.8 Å². The normalized spacial score (nSPS) is 24.4. The zero-order valence-electron chi connectivity index (χ0n) is 16.4. The summed E-state index contributed by atoms with van der Waals surface area (Å²) in [4.78, 5) is 19.7. The van der Waals surface area contributed by atoms with E-state index in [0.29, 0.717) is 35.6 Å². The number of likely N-dealkylation sites (tertiary alicyclic amines) is 1. The number of Topliss-reactive ketones (excluding diaryl/α,β-unsaturated/α-hetero) is 1. The van der Waals surface area contributed by atoms with Crippen LogP contribution in [-0.2, 0) is 9.53 Å². The van der Waals surface area contributed by atoms with Crippen LogP contribution >= 0.6 is 0 Å². The number of carbonyl (C=O) groups excluding carboxylic acids is 1. The Kier molecular flexibility index (Phi) is 4.80. The molecule has 1 atom stereocenters. The molecule has 2 heterocycles. The molecular weight excluding hydrogens is 350 g/mol. The van der Waals surface area contributed by atoms with Gasteiger partial charge in [-0.2, -0.15) is 5.26 Å². The third-order valence-corrected chi connectivity index (χ3v) is 5.64. The fourth-order valence-corrected chi connectivity index (χ4v) is 4.31. The lowest BCUT2D eigenvalue weighted by Gasteiger charge is -2.37. The van der Waals surface area contributed by atoms with Gasteiger partial charge < -0.3 is 9.64 Å². The van der Waals surface area contributed by atoms with Gasteiger partial charge in [-0.1, -0.05) is 44.2 Å². The average Bonchev–Trinajstić information content (AvgIpc) is 3.18. The minimum absolute atomic E-state index is 0.0652. The topological polar surface area (TPSA) is 65.7 Å². The summed E-state index contributed by atoms with van der Waals surface area (Å²) >= 11 is 0. The van der Waals surface area contributed by atoms with Crippen LogP contribution in [0.2, 0.25) is 0 Å². The van der Waals surface area contributed by atoms with E-state index in [0.717, 1.165) is 31.5 Å². The van der Waals surface area contributed by atoms with Crippen LogP contribution in [0.1, 0.15) is 51.0 Å². The molecule has 0 amide bonds. The van der Waals surface area contributed by atoms with Gasteiger partial charge in [0.25, 0.3) is 0 Å². The van der Waals surface area contributed by atoms with Gasteiger partial charge in [0.05, 0.1) is 12.3 Å². The van der Waals surface area contributed by atoms with Gasteiger partial charge in [-0.3, -0.25) is 4.79 Å². The summed E-state index contributed by atoms with van der Waals surface area (Å²) in [6.45, 7) is 6.10. The zero-order valence-corrected chi connectivity index (χ0v) is 16.4. The van der Waals surface area contributed by atoms with Crippen LogP contribution in [0.25, 0.3) is 0 Å². The van der Waals surface area contributed by atoms with Crippen LogP contribution in [0.5, 0.6) is 0 Å². The molecule has 0 aromatic heterocycles. The second-order valence-corrected chi connectivity index (χ2v) is 8.54. The fraction of sp³-hybridized carbons (Fsp3) is 0.435. The van der Waals surface area contributed by atoms with Crippen molar-refractivity contribution in [3.05, 3.63) is 58.7 Å². The van der Waals surface area contributed by atoms with Crippen LogP contribution in [0, 0.1) is 16.7 Å². The molecule has 0 bridgehead atoms. The summed E-state index contributed by atoms with van der Waals surface area (Å²) in [5, 5.41) is 9.96. The molecule has 144 valence electrons. The van der Waals surface area contributed by atoms with Crippen molar-refractivity contribution in [3.8, 4) is 6.07 Å². The zero-order chi connectivity index (χ0) is 19.7. The highest BCUT2D eigenvalue weighted by molar-refractivity contribution is 6.00. The van der Waals surface area contributed by atoms with Gasteiger partial charge in [-0.25, -0.2) is 4.99 Å². The van der Waals surface area contributed by atoms with Crippen molar-refractivity contribution in [2.75, 3.05) is 13.1 Å². The maximum Gasteiger partial charge on any atom is 0.235 e. The first kappa shape index (κ1) is 18.5. The molecule has 4 rings (SSSR count). The Balaban J connectivity index is 1.80. The van der Waals surface area contributed by atoms with E-state index in [9.17, 15) is 10.1 Å². The predicted molar refractivity (Wildman–Crippen MR) is 107 cm³/mol. The summed E-state index contributed by atoms with van der Waals surface area (Å²) in [7, 11) is 0. The van der Waals surface area contributed by atoms with Crippen LogP contribution < -0.4 is 0 Å². The number of benzene rings is 1. The molecule has 1 saturated heterocycles. The Hall–Kier alpha value is -2.87. The monoisotopic (exact) mass is 375 g/mol. The molecule has 0 radical (unpaired) electrons. The van der Waals surface area contributed by atoms with Crippen LogP contribution in [0.4, 0.5) is 0 Å². The Bertz CT molecular complexity index is 913. The Morgan fingerprint density at radius 1 is 1.21 bits per heavy atom. The number of aliphatic imine (C=N–C) groups is 1. The van der Waals surface area contributed by atoms with Gasteiger partial charge in [0.2, 0.25) is 5.88 Å². The molecule has 0 N–H and O–H groups in total. The SMILES string of the molecule is CC1(C)CC(=O)C2=C(C1)OC(N=CN1CCCC1)=C(C#N)C2c1ccccc1. The molecule has 5 nitrogen and oxygen atoms in total. The van der Waals surface area contributed by atoms with Crippen LogP contribution in [0.3, 0.4) is 0 Å². The van der Waals surface area contributed by atoms with Gasteiger partial charge in [0.1, 0.15) is 17.4 Å². The van der Waals surface area contributed by atoms with E-state index >= 15 is 0 Å². The van der Waals surface area contributed by atoms with E-state index in [-0.39, 0.29) is 11.2 Å². The van der Waals surface area contributed by atoms with E-state index in [1.165, 1.54) is 0 Å². The molecule has 1 aromatic rings. The largest absolute Gasteiger partial charge is 0.442 e. The number of nitrogens with zero attached hydrogens (tertiary/aromatic N) is 3. The quantitative estimate of drug-likeness (QED) is 0.583. The van der Waals surface area contributed by atoms with Gasteiger partial charge in [-0.05, 0) is 23.8 Å². The highest BCUT2D eigenvalue weighted by Crippen LogP contribution is 2.48. The minimum Gasteiger partial charge on any atom is -0.442 e. The standard InChI is InChI=1S/C23H25N3O2/c1-23(2)12-18(27)21-19(13-23)28-22(25-15-26-10-6-7-11-26)17(14-24)20(21)16-8-4-3-5-9-16/h3-5,8-9,15,20H,6-7,10-13H2,1-2H3. The molecule has 2 aliphatic heterocycles. The number of carbonyl (C=O) groups is 1. The Morgan fingerprint density at radius 3 is 2.61 bits per heavy atom. The second-order valence-electron chi connectivity index (χ2n) is 8.54. The van der Waals surface area contributed by atoms with Crippen molar-refractivity contribution in [3.63, 3.8) is 0 Å². The Morgan fingerprint density at radius 2 is 1.93 bits per heavy atom. The average molecular weight is 375 g/mol. The number of rotatable bonds is 3. The first-order chi connectivity index (χ1) is 13.5. The number of allylic oxidation sites excluding steroid dienone is 3. The second kappa shape index (κ2) is 7.27. The highest BCUT2D eigenvalue weighted by Gasteiger charge is 2.43. The lowest BCUT2D eigenvalue weighted by molar-refractivity contribution is -0.119. The summed E-state index contributed by atoms with van der Waals surface area (Å²) in [5.41, 5.74) is 1.80. The summed E-state index contributed by atoms with van der Waals surface area (Å²) in [6, 6.07) is 12.0. The summed E-state index contributed by atoms with van der Waals surface area (Å²) in [5.74, 6) is 0.648. The van der Waals surface area contributed by atoms with Crippen molar-refractivity contribution in [1.29, 1.82) is 5.26 Å². The fourth-order valence-electron chi connectivity index (χ4n) is 4.31. The molecule has 1 fully saturated rings. The molecule has 1 aliphatic carbocycles. The van der Waals surface area contributed by atoms with E-state index < -0.39 is 5.92 Å². The van der Waals surface area contributed by atoms with Crippen LogP contribution in [0.15, 0.2) is 58.1 Å². The van der Waals surface area contributed by atoms with Gasteiger partial charge in [0, 0.05) is 31.5 Å². The summed E-state index contributed by atoms with van der Waals surface area (Å²) in [6.07, 6.45) is 5.22. The number of hydrogen-bond acceptors (Lipinski definition) is 4. The first-order valence-corrected chi connectivity index (χ1v) is 9.90. The highest BCUT2D eigenvalue weighted by atomic mass is 16.5. The van der Waals surface area contributed by atoms with Crippen LogP contribution in [-0.4, -0.2) is 30.1 Å². The molecule has 1 aromatic carbocycles. The maximum absolute atomic E-state index is 13.0. The van der Waals surface area contributed by atoms with Crippen molar-refractivity contribution in [2.45, 2.75) is 45.4 Å². The van der Waals surface area contributed by atoms with Gasteiger partial charge in [0.15, 0.2) is 5.78 Å². The number of ether oxygens (including phenoxy) is 1. The number of ketones is 1.